The number of aromatic nitrogens is 2. The molecule has 0 aliphatic carbocycles. The maximum absolute atomic E-state index is 11.8. The van der Waals surface area contributed by atoms with Gasteiger partial charge in [0.05, 0.1) is 0 Å². The van der Waals surface area contributed by atoms with Crippen molar-refractivity contribution in [3.63, 3.8) is 0 Å². The van der Waals surface area contributed by atoms with Gasteiger partial charge in [0.25, 0.3) is 0 Å². The van der Waals surface area contributed by atoms with Crippen molar-refractivity contribution in [1.29, 1.82) is 0 Å². The molecule has 0 aliphatic heterocycles. The van der Waals surface area contributed by atoms with Gasteiger partial charge in [-0.05, 0) is 24.3 Å². The Labute approximate surface area is 98.3 Å². The topological polar surface area (TPSA) is 87.1 Å². The Bertz CT molecular complexity index is 475. The van der Waals surface area contributed by atoms with Gasteiger partial charge in [-0.15, -0.1) is 0 Å². The van der Waals surface area contributed by atoms with Crippen LogP contribution in [0.25, 0.3) is 0 Å². The minimum Gasteiger partial charge on any atom is -0.313 e. The van der Waals surface area contributed by atoms with Gasteiger partial charge in [-0.1, -0.05) is 12.1 Å². The van der Waals surface area contributed by atoms with Crippen LogP contribution in [0.5, 0.6) is 0 Å². The minimum absolute atomic E-state index is 0.321. The van der Waals surface area contributed by atoms with E-state index in [2.05, 4.69) is 20.1 Å². The molecule has 2 aromatic heterocycles. The molecular weight excluding hydrogens is 239 g/mol. The smallest absolute Gasteiger partial charge is 0.313 e. The summed E-state index contributed by atoms with van der Waals surface area (Å²) in [5.41, 5.74) is 0. The molecule has 7 heteroatoms. The summed E-state index contributed by atoms with van der Waals surface area (Å²) in [6.07, 6.45) is 3.06. The molecule has 0 bridgehead atoms. The first-order valence-corrected chi connectivity index (χ1v) is 6.53. The second-order valence-corrected chi connectivity index (χ2v) is 4.83. The minimum atomic E-state index is -3.76. The molecule has 0 unspecified atom stereocenters. The summed E-state index contributed by atoms with van der Waals surface area (Å²) in [5, 5.41) is 4.83. The average molecular weight is 250 g/mol. The number of nitrogens with one attached hydrogen (secondary N) is 2. The Kier molecular flexibility index (Phi) is 3.37. The van der Waals surface area contributed by atoms with E-state index in [1.807, 2.05) is 0 Å². The molecule has 2 heterocycles. The summed E-state index contributed by atoms with van der Waals surface area (Å²) in [6, 6.07) is 10.1. The van der Waals surface area contributed by atoms with Crippen LogP contribution in [0, 0.1) is 0 Å². The first-order chi connectivity index (χ1) is 8.16. The molecule has 0 aromatic carbocycles. The summed E-state index contributed by atoms with van der Waals surface area (Å²) in [7, 11) is -3.76. The molecule has 0 aliphatic rings. The quantitative estimate of drug-likeness (QED) is 0.720. The van der Waals surface area contributed by atoms with E-state index in [4.69, 9.17) is 0 Å². The van der Waals surface area contributed by atoms with Crippen LogP contribution in [0.3, 0.4) is 0 Å². The molecule has 0 saturated heterocycles. The lowest BCUT2D eigenvalue weighted by atomic mass is 10.5. The molecular formula is C10H11N4O2P. The Hall–Kier alpha value is -1.91. The van der Waals surface area contributed by atoms with Crippen molar-refractivity contribution in [2.75, 3.05) is 10.2 Å². The van der Waals surface area contributed by atoms with Crippen molar-refractivity contribution in [2.45, 2.75) is 0 Å². The lowest BCUT2D eigenvalue weighted by molar-refractivity contribution is 0.490. The average Bonchev–Trinajstić information content (AvgIpc) is 2.30. The molecule has 3 N–H and O–H groups in total. The van der Waals surface area contributed by atoms with E-state index in [0.29, 0.717) is 11.6 Å². The van der Waals surface area contributed by atoms with Gasteiger partial charge in [-0.2, -0.15) is 0 Å². The fourth-order valence-electron chi connectivity index (χ4n) is 1.20. The van der Waals surface area contributed by atoms with Crippen LogP contribution in [0.2, 0.25) is 0 Å². The number of pyridine rings is 2. The van der Waals surface area contributed by atoms with Crippen LogP contribution in [-0.2, 0) is 4.57 Å². The Morgan fingerprint density at radius 1 is 0.941 bits per heavy atom. The molecule has 2 rings (SSSR count). The van der Waals surface area contributed by atoms with Gasteiger partial charge in [-0.25, -0.2) is 14.5 Å². The van der Waals surface area contributed by atoms with Crippen LogP contribution in [0.15, 0.2) is 48.8 Å². The molecule has 0 atom stereocenters. The zero-order chi connectivity index (χ0) is 12.1. The van der Waals surface area contributed by atoms with E-state index < -0.39 is 7.67 Å². The number of nitrogens with zero attached hydrogens (tertiary/aromatic N) is 2. The SMILES string of the molecule is O=P(O)(Nc1ccccn1)Nc1ccccn1. The fourth-order valence-corrected chi connectivity index (χ4v) is 2.14. The third-order valence-corrected chi connectivity index (χ3v) is 2.93. The first kappa shape index (κ1) is 11.6. The van der Waals surface area contributed by atoms with E-state index >= 15 is 0 Å². The van der Waals surface area contributed by atoms with Crippen LogP contribution in [0.4, 0.5) is 11.6 Å². The van der Waals surface area contributed by atoms with Crippen molar-refractivity contribution in [2.24, 2.45) is 0 Å². The van der Waals surface area contributed by atoms with Gasteiger partial charge in [0.2, 0.25) is 0 Å². The highest BCUT2D eigenvalue weighted by Gasteiger charge is 2.18. The van der Waals surface area contributed by atoms with Gasteiger partial charge < -0.3 is 4.89 Å². The second kappa shape index (κ2) is 4.95. The normalized spacial score (nSPS) is 10.9. The summed E-state index contributed by atoms with van der Waals surface area (Å²) < 4.78 is 11.8. The third kappa shape index (κ3) is 3.55. The van der Waals surface area contributed by atoms with E-state index in [1.54, 1.807) is 36.4 Å². The van der Waals surface area contributed by atoms with Crippen LogP contribution < -0.4 is 10.2 Å². The van der Waals surface area contributed by atoms with Crippen molar-refractivity contribution >= 4 is 19.3 Å². The third-order valence-electron chi connectivity index (χ3n) is 1.86. The molecule has 2 aromatic rings. The number of hydrogen-bond donors (Lipinski definition) is 3. The lowest BCUT2D eigenvalue weighted by Gasteiger charge is -2.14. The van der Waals surface area contributed by atoms with Crippen molar-refractivity contribution < 1.29 is 9.46 Å². The fraction of sp³-hybridized carbons (Fsp3) is 0. The van der Waals surface area contributed by atoms with Gasteiger partial charge in [0, 0.05) is 12.4 Å². The zero-order valence-corrected chi connectivity index (χ0v) is 9.71. The maximum Gasteiger partial charge on any atom is 0.391 e. The molecule has 0 fully saturated rings. The van der Waals surface area contributed by atoms with E-state index in [1.165, 1.54) is 12.4 Å². The van der Waals surface area contributed by atoms with Crippen molar-refractivity contribution in [3.05, 3.63) is 48.8 Å². The standard InChI is InChI=1S/C10H11N4O2P/c15-17(16,13-9-5-1-3-7-11-9)14-10-6-2-4-8-12-10/h1-8H,(H3,11,12,13,14,15,16). The summed E-state index contributed by atoms with van der Waals surface area (Å²) in [5.74, 6) is 0.642. The molecule has 6 nitrogen and oxygen atoms in total. The maximum atomic E-state index is 11.8. The summed E-state index contributed by atoms with van der Waals surface area (Å²) in [6.45, 7) is 0. The molecule has 0 radical (unpaired) electrons. The van der Waals surface area contributed by atoms with Gasteiger partial charge in [-0.3, -0.25) is 10.2 Å². The van der Waals surface area contributed by atoms with E-state index in [0.717, 1.165) is 0 Å². The highest BCUT2D eigenvalue weighted by atomic mass is 31.2. The van der Waals surface area contributed by atoms with Crippen molar-refractivity contribution in [1.82, 2.24) is 9.97 Å². The van der Waals surface area contributed by atoms with E-state index in [9.17, 15) is 9.46 Å². The van der Waals surface area contributed by atoms with Crippen LogP contribution in [-0.4, -0.2) is 14.9 Å². The van der Waals surface area contributed by atoms with E-state index in [-0.39, 0.29) is 0 Å². The number of anilines is 2. The lowest BCUT2D eigenvalue weighted by Crippen LogP contribution is -2.07. The molecule has 17 heavy (non-hydrogen) atoms. The Balaban J connectivity index is 2.07. The molecule has 0 spiro atoms. The zero-order valence-electron chi connectivity index (χ0n) is 8.82. The van der Waals surface area contributed by atoms with Gasteiger partial charge >= 0.3 is 7.67 Å². The predicted molar refractivity (Wildman–Crippen MR) is 65.5 cm³/mol. The predicted octanol–water partition coefficient (Wildman–Crippen LogP) is 2.10. The van der Waals surface area contributed by atoms with Crippen LogP contribution >= 0.6 is 7.67 Å². The highest BCUT2D eigenvalue weighted by Crippen LogP contribution is 2.39. The Morgan fingerprint density at radius 3 is 1.76 bits per heavy atom. The number of rotatable bonds is 4. The first-order valence-electron chi connectivity index (χ1n) is 4.87. The highest BCUT2D eigenvalue weighted by molar-refractivity contribution is 7.61. The largest absolute Gasteiger partial charge is 0.391 e. The molecule has 88 valence electrons. The second-order valence-electron chi connectivity index (χ2n) is 3.23. The van der Waals surface area contributed by atoms with Gasteiger partial charge in [0.15, 0.2) is 0 Å². The number of hydrogen-bond acceptors (Lipinski definition) is 3. The molecule has 0 saturated carbocycles. The summed E-state index contributed by atoms with van der Waals surface area (Å²) >= 11 is 0. The van der Waals surface area contributed by atoms with Crippen molar-refractivity contribution in [3.8, 4) is 0 Å². The Morgan fingerprint density at radius 2 is 1.41 bits per heavy atom. The summed E-state index contributed by atoms with van der Waals surface area (Å²) in [4.78, 5) is 17.5. The molecule has 0 amide bonds. The monoisotopic (exact) mass is 250 g/mol. The van der Waals surface area contributed by atoms with Gasteiger partial charge in [0.1, 0.15) is 11.6 Å². The van der Waals surface area contributed by atoms with Crippen LogP contribution in [0.1, 0.15) is 0 Å².